The molecule has 0 aromatic heterocycles. The molecule has 0 atom stereocenters. The van der Waals surface area contributed by atoms with E-state index >= 15 is 0 Å². The van der Waals surface area contributed by atoms with Crippen molar-refractivity contribution in [1.29, 1.82) is 0 Å². The standard InChI is InChI=1S/C7H11F2NO3/c1-2-3-4-13-6(12)7(8,9)5(10)11/h2-4H2,1H3,(H2,10,11). The Morgan fingerprint density at radius 2 is 2.00 bits per heavy atom. The number of esters is 1. The molecule has 0 fully saturated rings. The highest BCUT2D eigenvalue weighted by atomic mass is 19.3. The fourth-order valence-corrected chi connectivity index (χ4v) is 0.500. The first-order valence-corrected chi connectivity index (χ1v) is 3.77. The highest BCUT2D eigenvalue weighted by Crippen LogP contribution is 2.14. The molecule has 0 saturated carbocycles. The van der Waals surface area contributed by atoms with Crippen molar-refractivity contribution in [3.63, 3.8) is 0 Å². The number of carbonyl (C=O) groups is 2. The predicted molar refractivity (Wildman–Crippen MR) is 40.0 cm³/mol. The quantitative estimate of drug-likeness (QED) is 0.393. The van der Waals surface area contributed by atoms with Crippen LogP contribution in [0.3, 0.4) is 0 Å². The Bertz CT molecular complexity index is 206. The Balaban J connectivity index is 4.03. The molecule has 0 heterocycles. The molecule has 13 heavy (non-hydrogen) atoms. The van der Waals surface area contributed by atoms with Crippen LogP contribution in [-0.2, 0) is 14.3 Å². The molecule has 0 radical (unpaired) electrons. The first-order chi connectivity index (χ1) is 5.92. The Hall–Kier alpha value is -1.20. The van der Waals surface area contributed by atoms with Crippen LogP contribution in [0.4, 0.5) is 8.78 Å². The van der Waals surface area contributed by atoms with Crippen LogP contribution in [0.5, 0.6) is 0 Å². The highest BCUT2D eigenvalue weighted by Gasteiger charge is 2.47. The Morgan fingerprint density at radius 3 is 2.38 bits per heavy atom. The number of rotatable bonds is 5. The molecule has 76 valence electrons. The Morgan fingerprint density at radius 1 is 1.46 bits per heavy atom. The summed E-state index contributed by atoms with van der Waals surface area (Å²) in [6.07, 6.45) is 1.18. The summed E-state index contributed by atoms with van der Waals surface area (Å²) in [5.74, 6) is -8.09. The number of hydrogen-bond acceptors (Lipinski definition) is 3. The van der Waals surface area contributed by atoms with E-state index in [9.17, 15) is 18.4 Å². The van der Waals surface area contributed by atoms with Gasteiger partial charge in [0.2, 0.25) is 0 Å². The van der Waals surface area contributed by atoms with Gasteiger partial charge < -0.3 is 10.5 Å². The summed E-state index contributed by atoms with van der Waals surface area (Å²) in [7, 11) is 0. The number of hydrogen-bond donors (Lipinski definition) is 1. The molecule has 2 N–H and O–H groups in total. The number of nitrogens with two attached hydrogens (primary N) is 1. The topological polar surface area (TPSA) is 69.4 Å². The summed E-state index contributed by atoms with van der Waals surface area (Å²) in [4.78, 5) is 20.6. The number of alkyl halides is 2. The number of halogens is 2. The summed E-state index contributed by atoms with van der Waals surface area (Å²) in [6, 6.07) is 0. The highest BCUT2D eigenvalue weighted by molar-refractivity contribution is 6.03. The molecule has 0 aliphatic heterocycles. The second-order valence-corrected chi connectivity index (χ2v) is 2.43. The van der Waals surface area contributed by atoms with Gasteiger partial charge in [-0.3, -0.25) is 4.79 Å². The minimum absolute atomic E-state index is 0.127. The zero-order valence-electron chi connectivity index (χ0n) is 7.18. The zero-order valence-corrected chi connectivity index (χ0v) is 7.18. The number of carbonyl (C=O) groups excluding carboxylic acids is 2. The molecule has 0 unspecified atom stereocenters. The number of unbranched alkanes of at least 4 members (excludes halogenated alkanes) is 1. The predicted octanol–water partition coefficient (Wildman–Crippen LogP) is 0.450. The normalized spacial score (nSPS) is 11.0. The van der Waals surface area contributed by atoms with Crippen molar-refractivity contribution >= 4 is 11.9 Å². The second-order valence-electron chi connectivity index (χ2n) is 2.43. The summed E-state index contributed by atoms with van der Waals surface area (Å²) in [5, 5.41) is 0. The largest absolute Gasteiger partial charge is 0.461 e. The van der Waals surface area contributed by atoms with Gasteiger partial charge in [0, 0.05) is 0 Å². The van der Waals surface area contributed by atoms with Crippen LogP contribution in [0.2, 0.25) is 0 Å². The maximum absolute atomic E-state index is 12.4. The molecule has 0 aliphatic carbocycles. The minimum atomic E-state index is -4.21. The number of ether oxygens (including phenoxy) is 1. The van der Waals surface area contributed by atoms with E-state index in [2.05, 4.69) is 10.5 Å². The van der Waals surface area contributed by atoms with E-state index in [1.165, 1.54) is 0 Å². The van der Waals surface area contributed by atoms with Crippen LogP contribution in [0.25, 0.3) is 0 Å². The monoisotopic (exact) mass is 195 g/mol. The lowest BCUT2D eigenvalue weighted by Crippen LogP contribution is -2.44. The van der Waals surface area contributed by atoms with Gasteiger partial charge in [0.05, 0.1) is 6.61 Å². The van der Waals surface area contributed by atoms with Crippen molar-refractivity contribution in [2.75, 3.05) is 6.61 Å². The smallest absolute Gasteiger partial charge is 0.418 e. The van der Waals surface area contributed by atoms with Gasteiger partial charge in [-0.2, -0.15) is 8.78 Å². The van der Waals surface area contributed by atoms with Gasteiger partial charge in [0.15, 0.2) is 0 Å². The molecule has 0 spiro atoms. The van der Waals surface area contributed by atoms with Crippen molar-refractivity contribution in [3.05, 3.63) is 0 Å². The van der Waals surface area contributed by atoms with Crippen LogP contribution in [-0.4, -0.2) is 24.4 Å². The molecular formula is C7H11F2NO3. The SMILES string of the molecule is CCCCOC(=O)C(F)(F)C(N)=O. The van der Waals surface area contributed by atoms with Gasteiger partial charge in [0.1, 0.15) is 0 Å². The summed E-state index contributed by atoms with van der Waals surface area (Å²) in [5.41, 5.74) is 4.29. The average molecular weight is 195 g/mol. The molecule has 0 aromatic rings. The fraction of sp³-hybridized carbons (Fsp3) is 0.714. The van der Waals surface area contributed by atoms with E-state index in [1.807, 2.05) is 0 Å². The van der Waals surface area contributed by atoms with E-state index in [4.69, 9.17) is 0 Å². The average Bonchev–Trinajstić information content (AvgIpc) is 2.04. The molecule has 0 saturated heterocycles. The fourth-order valence-electron chi connectivity index (χ4n) is 0.500. The lowest BCUT2D eigenvalue weighted by Gasteiger charge is -2.10. The molecular weight excluding hydrogens is 184 g/mol. The molecule has 1 amide bonds. The number of primary amides is 1. The maximum atomic E-state index is 12.4. The third-order valence-electron chi connectivity index (χ3n) is 1.30. The van der Waals surface area contributed by atoms with Crippen LogP contribution in [0.1, 0.15) is 19.8 Å². The molecule has 6 heteroatoms. The van der Waals surface area contributed by atoms with Crippen molar-refractivity contribution in [2.45, 2.75) is 25.7 Å². The van der Waals surface area contributed by atoms with Crippen molar-refractivity contribution in [3.8, 4) is 0 Å². The summed E-state index contributed by atoms with van der Waals surface area (Å²) < 4.78 is 29.0. The first kappa shape index (κ1) is 11.8. The van der Waals surface area contributed by atoms with Crippen LogP contribution in [0, 0.1) is 0 Å². The second kappa shape index (κ2) is 4.74. The molecule has 0 aromatic carbocycles. The van der Waals surface area contributed by atoms with Crippen molar-refractivity contribution in [1.82, 2.24) is 0 Å². The van der Waals surface area contributed by atoms with Gasteiger partial charge in [-0.05, 0) is 6.42 Å². The van der Waals surface area contributed by atoms with Crippen LogP contribution < -0.4 is 5.73 Å². The van der Waals surface area contributed by atoms with Gasteiger partial charge in [-0.1, -0.05) is 13.3 Å². The van der Waals surface area contributed by atoms with Crippen LogP contribution in [0.15, 0.2) is 0 Å². The lowest BCUT2D eigenvalue weighted by atomic mass is 10.3. The summed E-state index contributed by atoms with van der Waals surface area (Å²) in [6.45, 7) is 1.68. The Labute approximate surface area is 74.0 Å². The van der Waals surface area contributed by atoms with E-state index in [1.54, 1.807) is 6.92 Å². The number of amides is 1. The van der Waals surface area contributed by atoms with E-state index < -0.39 is 17.8 Å². The van der Waals surface area contributed by atoms with Crippen molar-refractivity contribution < 1.29 is 23.1 Å². The minimum Gasteiger partial charge on any atom is -0.461 e. The zero-order chi connectivity index (χ0) is 10.5. The van der Waals surface area contributed by atoms with Gasteiger partial charge in [0.25, 0.3) is 5.91 Å². The van der Waals surface area contributed by atoms with Crippen LogP contribution >= 0.6 is 0 Å². The maximum Gasteiger partial charge on any atom is 0.418 e. The molecule has 0 bridgehead atoms. The van der Waals surface area contributed by atoms with Gasteiger partial charge in [-0.25, -0.2) is 4.79 Å². The summed E-state index contributed by atoms with van der Waals surface area (Å²) >= 11 is 0. The van der Waals surface area contributed by atoms with E-state index in [0.29, 0.717) is 12.8 Å². The van der Waals surface area contributed by atoms with Gasteiger partial charge >= 0.3 is 11.9 Å². The van der Waals surface area contributed by atoms with Gasteiger partial charge in [-0.15, -0.1) is 0 Å². The third-order valence-corrected chi connectivity index (χ3v) is 1.30. The van der Waals surface area contributed by atoms with E-state index in [0.717, 1.165) is 0 Å². The molecule has 4 nitrogen and oxygen atoms in total. The molecule has 0 rings (SSSR count). The lowest BCUT2D eigenvalue weighted by molar-refractivity contribution is -0.176. The third kappa shape index (κ3) is 3.35. The Kier molecular flexibility index (Phi) is 4.30. The molecule has 0 aliphatic rings. The first-order valence-electron chi connectivity index (χ1n) is 3.77. The van der Waals surface area contributed by atoms with Crippen molar-refractivity contribution in [2.24, 2.45) is 5.73 Å². The van der Waals surface area contributed by atoms with E-state index in [-0.39, 0.29) is 6.61 Å².